The van der Waals surface area contributed by atoms with Gasteiger partial charge < -0.3 is 10.2 Å². The van der Waals surface area contributed by atoms with Crippen molar-refractivity contribution in [2.45, 2.75) is 64.2 Å². The Morgan fingerprint density at radius 3 is 2.65 bits per heavy atom. The monoisotopic (exact) mass is 382 g/mol. The standard InChI is InChI=1S/C19H30N2O4S/c1-13-8-9-17-16(11-13)19(4,5)15(3)21(17)10-6-7-18(22)20-12-14(2)26(23,24)25/h8-9,11,14-15H,6-7,10,12H2,1-5H3,(H,20,22)(H,23,24,25). The molecule has 1 amide bonds. The molecule has 146 valence electrons. The first-order valence-corrected chi connectivity index (χ1v) is 10.6. The van der Waals surface area contributed by atoms with E-state index in [2.05, 4.69) is 56.1 Å². The second kappa shape index (κ2) is 7.56. The van der Waals surface area contributed by atoms with Crippen molar-refractivity contribution in [3.8, 4) is 0 Å². The van der Waals surface area contributed by atoms with E-state index < -0.39 is 15.4 Å². The molecule has 1 heterocycles. The summed E-state index contributed by atoms with van der Waals surface area (Å²) in [5, 5.41) is 1.57. The highest BCUT2D eigenvalue weighted by atomic mass is 32.2. The molecule has 2 rings (SSSR count). The third-order valence-electron chi connectivity index (χ3n) is 5.57. The Bertz CT molecular complexity index is 774. The topological polar surface area (TPSA) is 86.7 Å². The maximum absolute atomic E-state index is 11.9. The van der Waals surface area contributed by atoms with E-state index in [1.807, 2.05) is 0 Å². The third-order valence-corrected chi connectivity index (χ3v) is 6.75. The van der Waals surface area contributed by atoms with Gasteiger partial charge in [-0.1, -0.05) is 31.5 Å². The molecule has 2 N–H and O–H groups in total. The largest absolute Gasteiger partial charge is 0.368 e. The zero-order valence-corrected chi connectivity index (χ0v) is 17.1. The van der Waals surface area contributed by atoms with Gasteiger partial charge >= 0.3 is 0 Å². The number of carbonyl (C=O) groups excluding carboxylic acids is 1. The molecule has 0 saturated heterocycles. The number of rotatable bonds is 7. The molecule has 6 nitrogen and oxygen atoms in total. The van der Waals surface area contributed by atoms with Gasteiger partial charge in [-0.05, 0) is 38.8 Å². The average molecular weight is 383 g/mol. The summed E-state index contributed by atoms with van der Waals surface area (Å²) in [7, 11) is -4.11. The number of aryl methyl sites for hydroxylation is 1. The number of hydrogen-bond donors (Lipinski definition) is 2. The van der Waals surface area contributed by atoms with Crippen molar-refractivity contribution in [2.75, 3.05) is 18.0 Å². The molecule has 0 saturated carbocycles. The fraction of sp³-hybridized carbons (Fsp3) is 0.632. The van der Waals surface area contributed by atoms with Gasteiger partial charge in [0.25, 0.3) is 10.1 Å². The minimum absolute atomic E-state index is 0.0501. The Labute approximate surface area is 156 Å². The van der Waals surface area contributed by atoms with E-state index in [4.69, 9.17) is 4.55 Å². The van der Waals surface area contributed by atoms with Gasteiger partial charge in [-0.2, -0.15) is 8.42 Å². The number of hydrogen-bond acceptors (Lipinski definition) is 4. The molecule has 1 aromatic rings. The lowest BCUT2D eigenvalue weighted by atomic mass is 9.81. The van der Waals surface area contributed by atoms with Gasteiger partial charge in [-0.3, -0.25) is 9.35 Å². The lowest BCUT2D eigenvalue weighted by Crippen LogP contribution is -2.40. The first-order valence-electron chi connectivity index (χ1n) is 9.05. The first-order chi connectivity index (χ1) is 11.9. The number of carbonyl (C=O) groups is 1. The van der Waals surface area contributed by atoms with Crippen LogP contribution < -0.4 is 10.2 Å². The molecule has 1 aliphatic rings. The third kappa shape index (κ3) is 4.38. The van der Waals surface area contributed by atoms with Gasteiger partial charge in [0, 0.05) is 36.7 Å². The molecule has 1 aliphatic heterocycles. The Balaban J connectivity index is 1.91. The van der Waals surface area contributed by atoms with Gasteiger partial charge in [0.15, 0.2) is 0 Å². The Morgan fingerprint density at radius 1 is 1.38 bits per heavy atom. The van der Waals surface area contributed by atoms with Crippen LogP contribution in [0.5, 0.6) is 0 Å². The van der Waals surface area contributed by atoms with Crippen LogP contribution in [0.1, 0.15) is 51.7 Å². The van der Waals surface area contributed by atoms with Crippen molar-refractivity contribution in [1.82, 2.24) is 5.32 Å². The molecule has 0 bridgehead atoms. The smallest absolute Gasteiger partial charge is 0.269 e. The van der Waals surface area contributed by atoms with Crippen LogP contribution in [0.4, 0.5) is 5.69 Å². The van der Waals surface area contributed by atoms with Gasteiger partial charge in [-0.15, -0.1) is 0 Å². The second-order valence-electron chi connectivity index (χ2n) is 7.84. The number of nitrogens with one attached hydrogen (secondary N) is 1. The van der Waals surface area contributed by atoms with E-state index in [1.165, 1.54) is 23.7 Å². The molecule has 0 aromatic heterocycles. The van der Waals surface area contributed by atoms with Crippen LogP contribution >= 0.6 is 0 Å². The Hall–Kier alpha value is -1.60. The van der Waals surface area contributed by atoms with E-state index in [9.17, 15) is 13.2 Å². The number of nitrogens with zero attached hydrogens (tertiary/aromatic N) is 1. The average Bonchev–Trinajstić information content (AvgIpc) is 2.72. The van der Waals surface area contributed by atoms with E-state index in [1.54, 1.807) is 0 Å². The van der Waals surface area contributed by atoms with Crippen LogP contribution in [0.3, 0.4) is 0 Å². The number of amides is 1. The molecule has 0 spiro atoms. The molecule has 2 unspecified atom stereocenters. The molecular weight excluding hydrogens is 352 g/mol. The molecule has 0 aliphatic carbocycles. The van der Waals surface area contributed by atoms with Crippen molar-refractivity contribution < 1.29 is 17.8 Å². The lowest BCUT2D eigenvalue weighted by molar-refractivity contribution is -0.121. The van der Waals surface area contributed by atoms with Crippen molar-refractivity contribution >= 4 is 21.7 Å². The van der Waals surface area contributed by atoms with Crippen molar-refractivity contribution in [2.24, 2.45) is 0 Å². The Kier molecular flexibility index (Phi) is 6.02. The summed E-state index contributed by atoms with van der Waals surface area (Å²) in [5.74, 6) is -0.198. The molecule has 26 heavy (non-hydrogen) atoms. The number of fused-ring (bicyclic) bond motifs is 1. The summed E-state index contributed by atoms with van der Waals surface area (Å²) in [6, 6.07) is 6.85. The molecule has 1 aromatic carbocycles. The van der Waals surface area contributed by atoms with E-state index in [-0.39, 0.29) is 17.9 Å². The summed E-state index contributed by atoms with van der Waals surface area (Å²) >= 11 is 0. The van der Waals surface area contributed by atoms with Crippen LogP contribution in [-0.4, -0.2) is 43.3 Å². The SMILES string of the molecule is Cc1ccc2c(c1)C(C)(C)C(C)N2CCCC(=O)NCC(C)S(=O)(=O)O. The van der Waals surface area contributed by atoms with E-state index in [0.717, 1.165) is 6.54 Å². The van der Waals surface area contributed by atoms with Gasteiger partial charge in [0.05, 0.1) is 0 Å². The maximum atomic E-state index is 11.9. The zero-order chi connectivity index (χ0) is 19.7. The van der Waals surface area contributed by atoms with Crippen LogP contribution in [0.15, 0.2) is 18.2 Å². The molecule has 0 fully saturated rings. The van der Waals surface area contributed by atoms with Crippen LogP contribution in [0, 0.1) is 6.92 Å². The summed E-state index contributed by atoms with van der Waals surface area (Å²) in [5.41, 5.74) is 3.87. The minimum Gasteiger partial charge on any atom is -0.368 e. The summed E-state index contributed by atoms with van der Waals surface area (Å²) in [6.45, 7) is 10.9. The predicted octanol–water partition coefficient (Wildman–Crippen LogP) is 2.65. The normalized spacial score (nSPS) is 19.9. The number of benzene rings is 1. The number of anilines is 1. The van der Waals surface area contributed by atoms with Crippen LogP contribution in [-0.2, 0) is 20.3 Å². The maximum Gasteiger partial charge on any atom is 0.269 e. The summed E-state index contributed by atoms with van der Waals surface area (Å²) in [6.07, 6.45) is 1.00. The van der Waals surface area contributed by atoms with Crippen LogP contribution in [0.2, 0.25) is 0 Å². The highest BCUT2D eigenvalue weighted by molar-refractivity contribution is 7.86. The first kappa shape index (κ1) is 20.7. The Morgan fingerprint density at radius 2 is 2.04 bits per heavy atom. The summed E-state index contributed by atoms with van der Waals surface area (Å²) < 4.78 is 30.9. The lowest BCUT2D eigenvalue weighted by Gasteiger charge is -2.31. The zero-order valence-electron chi connectivity index (χ0n) is 16.2. The molecule has 7 heteroatoms. The highest BCUT2D eigenvalue weighted by Crippen LogP contribution is 2.45. The van der Waals surface area contributed by atoms with Crippen LogP contribution in [0.25, 0.3) is 0 Å². The molecular formula is C19H30N2O4S. The van der Waals surface area contributed by atoms with E-state index in [0.29, 0.717) is 18.9 Å². The van der Waals surface area contributed by atoms with Crippen molar-refractivity contribution in [3.05, 3.63) is 29.3 Å². The fourth-order valence-electron chi connectivity index (χ4n) is 3.42. The van der Waals surface area contributed by atoms with E-state index >= 15 is 0 Å². The quantitative estimate of drug-likeness (QED) is 0.708. The van der Waals surface area contributed by atoms with Gasteiger partial charge in [0.1, 0.15) is 5.25 Å². The van der Waals surface area contributed by atoms with Gasteiger partial charge in [-0.25, -0.2) is 0 Å². The van der Waals surface area contributed by atoms with Gasteiger partial charge in [0.2, 0.25) is 5.91 Å². The summed E-state index contributed by atoms with van der Waals surface area (Å²) in [4.78, 5) is 14.3. The second-order valence-corrected chi connectivity index (χ2v) is 9.68. The fourth-order valence-corrected chi connectivity index (χ4v) is 3.71. The molecule has 0 radical (unpaired) electrons. The van der Waals surface area contributed by atoms with Crippen molar-refractivity contribution in [3.63, 3.8) is 0 Å². The minimum atomic E-state index is -4.11. The van der Waals surface area contributed by atoms with Crippen molar-refractivity contribution in [1.29, 1.82) is 0 Å². The highest BCUT2D eigenvalue weighted by Gasteiger charge is 2.41. The predicted molar refractivity (Wildman–Crippen MR) is 104 cm³/mol. The molecule has 2 atom stereocenters.